The summed E-state index contributed by atoms with van der Waals surface area (Å²) in [5.74, 6) is 0.383. The third-order valence-corrected chi connectivity index (χ3v) is 3.58. The van der Waals surface area contributed by atoms with Gasteiger partial charge >= 0.3 is 0 Å². The largest absolute Gasteiger partial charge is 0.306 e. The van der Waals surface area contributed by atoms with Gasteiger partial charge in [0.15, 0.2) is 0 Å². The Hall–Kier alpha value is -2.27. The number of halogens is 1. The van der Waals surface area contributed by atoms with Crippen LogP contribution in [0, 0.1) is 6.92 Å². The molecule has 0 radical (unpaired) electrons. The smallest absolute Gasteiger partial charge is 0.256 e. The maximum Gasteiger partial charge on any atom is 0.256 e. The number of amides is 1. The maximum atomic E-state index is 12.3. The van der Waals surface area contributed by atoms with Crippen LogP contribution < -0.4 is 5.32 Å². The molecule has 104 valence electrons. The van der Waals surface area contributed by atoms with Crippen LogP contribution in [0.25, 0.3) is 10.9 Å². The SMILES string of the molecule is Cc1cc(Br)cnc1NC(=O)c1ccc2ncccc2c1. The summed E-state index contributed by atoms with van der Waals surface area (Å²) in [5.41, 5.74) is 2.35. The molecule has 0 spiro atoms. The molecule has 0 saturated heterocycles. The van der Waals surface area contributed by atoms with E-state index < -0.39 is 0 Å². The molecule has 2 heterocycles. The van der Waals surface area contributed by atoms with Gasteiger partial charge in [0.05, 0.1) is 5.52 Å². The molecule has 0 aliphatic rings. The van der Waals surface area contributed by atoms with Gasteiger partial charge in [-0.05, 0) is 58.7 Å². The van der Waals surface area contributed by atoms with Crippen molar-refractivity contribution in [1.82, 2.24) is 9.97 Å². The lowest BCUT2D eigenvalue weighted by molar-refractivity contribution is 0.102. The first-order chi connectivity index (χ1) is 10.1. The first-order valence-corrected chi connectivity index (χ1v) is 7.21. The number of rotatable bonds is 2. The van der Waals surface area contributed by atoms with Crippen molar-refractivity contribution in [2.24, 2.45) is 0 Å². The van der Waals surface area contributed by atoms with Crippen molar-refractivity contribution in [2.75, 3.05) is 5.32 Å². The molecule has 3 aromatic rings. The summed E-state index contributed by atoms with van der Waals surface area (Å²) < 4.78 is 0.884. The minimum atomic E-state index is -0.182. The van der Waals surface area contributed by atoms with E-state index >= 15 is 0 Å². The van der Waals surface area contributed by atoms with E-state index in [4.69, 9.17) is 0 Å². The Morgan fingerprint density at radius 1 is 1.19 bits per heavy atom. The summed E-state index contributed by atoms with van der Waals surface area (Å²) >= 11 is 3.35. The van der Waals surface area contributed by atoms with Crippen LogP contribution in [-0.4, -0.2) is 15.9 Å². The quantitative estimate of drug-likeness (QED) is 0.767. The van der Waals surface area contributed by atoms with Crippen LogP contribution in [0.1, 0.15) is 15.9 Å². The topological polar surface area (TPSA) is 54.9 Å². The maximum absolute atomic E-state index is 12.3. The number of anilines is 1. The molecule has 2 aromatic heterocycles. The van der Waals surface area contributed by atoms with Gasteiger partial charge in [-0.2, -0.15) is 0 Å². The van der Waals surface area contributed by atoms with E-state index in [0.717, 1.165) is 20.9 Å². The lowest BCUT2D eigenvalue weighted by atomic mass is 10.1. The molecule has 0 atom stereocenters. The number of hydrogen-bond donors (Lipinski definition) is 1. The zero-order valence-electron chi connectivity index (χ0n) is 11.3. The van der Waals surface area contributed by atoms with Gasteiger partial charge in [-0.25, -0.2) is 4.98 Å². The normalized spacial score (nSPS) is 10.6. The fourth-order valence-corrected chi connectivity index (χ4v) is 2.51. The number of benzene rings is 1. The van der Waals surface area contributed by atoms with Crippen LogP contribution >= 0.6 is 15.9 Å². The number of aryl methyl sites for hydroxylation is 1. The van der Waals surface area contributed by atoms with Crippen molar-refractivity contribution in [3.63, 3.8) is 0 Å². The molecule has 0 bridgehead atoms. The fraction of sp³-hybridized carbons (Fsp3) is 0.0625. The van der Waals surface area contributed by atoms with Gasteiger partial charge in [0.25, 0.3) is 5.91 Å². The van der Waals surface area contributed by atoms with Crippen molar-refractivity contribution in [1.29, 1.82) is 0 Å². The number of fused-ring (bicyclic) bond motifs is 1. The summed E-state index contributed by atoms with van der Waals surface area (Å²) in [4.78, 5) is 20.8. The lowest BCUT2D eigenvalue weighted by Gasteiger charge is -2.08. The minimum Gasteiger partial charge on any atom is -0.306 e. The van der Waals surface area contributed by atoms with Crippen molar-refractivity contribution >= 4 is 38.6 Å². The van der Waals surface area contributed by atoms with E-state index in [-0.39, 0.29) is 5.91 Å². The highest BCUT2D eigenvalue weighted by Crippen LogP contribution is 2.18. The number of nitrogens with one attached hydrogen (secondary N) is 1. The van der Waals surface area contributed by atoms with Crippen LogP contribution in [0.3, 0.4) is 0 Å². The second kappa shape index (κ2) is 5.61. The Bertz CT molecular complexity index is 833. The third kappa shape index (κ3) is 2.92. The molecule has 0 saturated carbocycles. The lowest BCUT2D eigenvalue weighted by Crippen LogP contribution is -2.13. The summed E-state index contributed by atoms with van der Waals surface area (Å²) in [7, 11) is 0. The molecular formula is C16H12BrN3O. The molecule has 0 fully saturated rings. The third-order valence-electron chi connectivity index (χ3n) is 3.14. The van der Waals surface area contributed by atoms with Gasteiger partial charge in [0.2, 0.25) is 0 Å². The van der Waals surface area contributed by atoms with Crippen molar-refractivity contribution < 1.29 is 4.79 Å². The van der Waals surface area contributed by atoms with Gasteiger partial charge in [0.1, 0.15) is 5.82 Å². The van der Waals surface area contributed by atoms with Gasteiger partial charge in [-0.1, -0.05) is 6.07 Å². The van der Waals surface area contributed by atoms with Crippen molar-refractivity contribution in [3.8, 4) is 0 Å². The van der Waals surface area contributed by atoms with Crippen molar-refractivity contribution in [2.45, 2.75) is 6.92 Å². The number of carbonyl (C=O) groups is 1. The van der Waals surface area contributed by atoms with Crippen LogP contribution in [0.4, 0.5) is 5.82 Å². The molecular weight excluding hydrogens is 330 g/mol. The first kappa shape index (κ1) is 13.7. The summed E-state index contributed by atoms with van der Waals surface area (Å²) in [6.45, 7) is 1.90. The van der Waals surface area contributed by atoms with E-state index in [0.29, 0.717) is 11.4 Å². The zero-order chi connectivity index (χ0) is 14.8. The molecule has 1 N–H and O–H groups in total. The Morgan fingerprint density at radius 3 is 2.86 bits per heavy atom. The predicted molar refractivity (Wildman–Crippen MR) is 86.4 cm³/mol. The van der Waals surface area contributed by atoms with E-state index in [1.807, 2.05) is 37.3 Å². The molecule has 21 heavy (non-hydrogen) atoms. The summed E-state index contributed by atoms with van der Waals surface area (Å²) in [6, 6.07) is 11.1. The van der Waals surface area contributed by atoms with E-state index in [1.54, 1.807) is 18.5 Å². The molecule has 0 unspecified atom stereocenters. The molecule has 0 aliphatic carbocycles. The monoisotopic (exact) mass is 341 g/mol. The number of pyridine rings is 2. The second-order valence-corrected chi connectivity index (χ2v) is 5.60. The highest BCUT2D eigenvalue weighted by molar-refractivity contribution is 9.10. The molecule has 1 amide bonds. The molecule has 1 aromatic carbocycles. The zero-order valence-corrected chi connectivity index (χ0v) is 12.9. The van der Waals surface area contributed by atoms with Gasteiger partial charge < -0.3 is 5.32 Å². The van der Waals surface area contributed by atoms with Crippen molar-refractivity contribution in [3.05, 3.63) is 64.4 Å². The average Bonchev–Trinajstić information content (AvgIpc) is 2.49. The predicted octanol–water partition coefficient (Wildman–Crippen LogP) is 3.95. The van der Waals surface area contributed by atoms with Crippen LogP contribution in [-0.2, 0) is 0 Å². The standard InChI is InChI=1S/C16H12BrN3O/c1-10-7-13(17)9-19-15(10)20-16(21)12-4-5-14-11(8-12)3-2-6-18-14/h2-9H,1H3,(H,19,20,21). The van der Waals surface area contributed by atoms with Crippen LogP contribution in [0.2, 0.25) is 0 Å². The van der Waals surface area contributed by atoms with Gasteiger partial charge in [-0.15, -0.1) is 0 Å². The summed E-state index contributed by atoms with van der Waals surface area (Å²) in [6.07, 6.45) is 3.39. The fourth-order valence-electron chi connectivity index (χ4n) is 2.07. The Kier molecular flexibility index (Phi) is 3.66. The van der Waals surface area contributed by atoms with E-state index in [1.165, 1.54) is 0 Å². The Labute approximate surface area is 130 Å². The molecule has 3 rings (SSSR count). The second-order valence-electron chi connectivity index (χ2n) is 4.68. The Morgan fingerprint density at radius 2 is 2.05 bits per heavy atom. The molecule has 5 heteroatoms. The van der Waals surface area contributed by atoms with Gasteiger partial charge in [0, 0.05) is 27.8 Å². The number of hydrogen-bond acceptors (Lipinski definition) is 3. The highest BCUT2D eigenvalue weighted by Gasteiger charge is 2.09. The minimum absolute atomic E-state index is 0.182. The number of nitrogens with zero attached hydrogens (tertiary/aromatic N) is 2. The van der Waals surface area contributed by atoms with E-state index in [2.05, 4.69) is 31.2 Å². The van der Waals surface area contributed by atoms with Crippen LogP contribution in [0.15, 0.2) is 53.3 Å². The number of aromatic nitrogens is 2. The van der Waals surface area contributed by atoms with E-state index in [9.17, 15) is 4.79 Å². The average molecular weight is 342 g/mol. The molecule has 0 aliphatic heterocycles. The Balaban J connectivity index is 1.89. The van der Waals surface area contributed by atoms with Crippen LogP contribution in [0.5, 0.6) is 0 Å². The summed E-state index contributed by atoms with van der Waals surface area (Å²) in [5, 5.41) is 3.76. The first-order valence-electron chi connectivity index (χ1n) is 6.42. The molecule has 4 nitrogen and oxygen atoms in total. The highest BCUT2D eigenvalue weighted by atomic mass is 79.9. The van der Waals surface area contributed by atoms with Gasteiger partial charge in [-0.3, -0.25) is 9.78 Å². The number of carbonyl (C=O) groups excluding carboxylic acids is 1.